The summed E-state index contributed by atoms with van der Waals surface area (Å²) in [7, 11) is 0. The average Bonchev–Trinajstić information content (AvgIpc) is 3.29. The van der Waals surface area contributed by atoms with Gasteiger partial charge in [-0.25, -0.2) is 4.98 Å². The molecule has 4 rings (SSSR count). The number of hydrogen-bond acceptors (Lipinski definition) is 3. The largest absolute Gasteiger partial charge is 0.314 e. The maximum absolute atomic E-state index is 4.92. The highest BCUT2D eigenvalue weighted by Gasteiger charge is 2.20. The number of aryl methyl sites for hydroxylation is 3. The Balaban J connectivity index is 1.52. The van der Waals surface area contributed by atoms with Crippen molar-refractivity contribution in [3.63, 3.8) is 0 Å². The summed E-state index contributed by atoms with van der Waals surface area (Å²) in [4.78, 5) is 6.28. The number of hydrogen-bond donors (Lipinski definition) is 1. The number of thiazole rings is 1. The van der Waals surface area contributed by atoms with Crippen molar-refractivity contribution in [2.45, 2.75) is 57.9 Å². The van der Waals surface area contributed by atoms with Gasteiger partial charge >= 0.3 is 0 Å². The third-order valence-corrected chi connectivity index (χ3v) is 5.84. The molecule has 0 spiro atoms. The summed E-state index contributed by atoms with van der Waals surface area (Å²) in [6, 6.07) is 7.79. The Labute approximate surface area is 137 Å². The van der Waals surface area contributed by atoms with Crippen LogP contribution in [0.3, 0.4) is 0 Å². The second-order valence-electron chi connectivity index (χ2n) is 6.68. The molecule has 22 heavy (non-hydrogen) atoms. The molecule has 3 heteroatoms. The molecule has 1 N–H and O–H groups in total. The average molecular weight is 312 g/mol. The maximum atomic E-state index is 4.92. The van der Waals surface area contributed by atoms with Crippen LogP contribution in [-0.2, 0) is 19.3 Å². The molecule has 0 saturated heterocycles. The van der Waals surface area contributed by atoms with Crippen LogP contribution in [0, 0.1) is 6.92 Å². The smallest absolute Gasteiger partial charge is 0.0948 e. The zero-order chi connectivity index (χ0) is 14.9. The van der Waals surface area contributed by atoms with Gasteiger partial charge in [0.1, 0.15) is 0 Å². The van der Waals surface area contributed by atoms with E-state index < -0.39 is 0 Å². The van der Waals surface area contributed by atoms with Crippen molar-refractivity contribution >= 4 is 11.3 Å². The van der Waals surface area contributed by atoms with E-state index in [1.54, 1.807) is 11.1 Å². The summed E-state index contributed by atoms with van der Waals surface area (Å²) in [5.41, 5.74) is 5.63. The second kappa shape index (κ2) is 6.13. The molecule has 0 bridgehead atoms. The summed E-state index contributed by atoms with van der Waals surface area (Å²) in [5, 5.41) is 4.86. The zero-order valence-corrected chi connectivity index (χ0v) is 14.1. The van der Waals surface area contributed by atoms with Crippen molar-refractivity contribution < 1.29 is 0 Å². The van der Waals surface area contributed by atoms with E-state index in [2.05, 4.69) is 30.4 Å². The van der Waals surface area contributed by atoms with Crippen LogP contribution in [0.5, 0.6) is 0 Å². The molecule has 1 aromatic heterocycles. The van der Waals surface area contributed by atoms with Gasteiger partial charge in [-0.05, 0) is 62.6 Å². The number of nitrogens with zero attached hydrogens (tertiary/aromatic N) is 1. The van der Waals surface area contributed by atoms with E-state index in [4.69, 9.17) is 4.98 Å². The number of rotatable bonds is 5. The Morgan fingerprint density at radius 3 is 2.82 bits per heavy atom. The predicted molar refractivity (Wildman–Crippen MR) is 93.7 cm³/mol. The van der Waals surface area contributed by atoms with Crippen molar-refractivity contribution in [3.8, 4) is 11.3 Å². The van der Waals surface area contributed by atoms with Crippen molar-refractivity contribution in [1.82, 2.24) is 10.3 Å². The molecule has 1 aromatic carbocycles. The summed E-state index contributed by atoms with van der Waals surface area (Å²) >= 11 is 1.87. The number of aromatic nitrogens is 1. The van der Waals surface area contributed by atoms with E-state index in [9.17, 15) is 0 Å². The molecule has 0 radical (unpaired) electrons. The molecule has 2 aromatic rings. The third-order valence-electron chi connectivity index (χ3n) is 4.81. The number of nitrogens with one attached hydrogen (secondary N) is 1. The van der Waals surface area contributed by atoms with Crippen molar-refractivity contribution in [3.05, 3.63) is 39.2 Å². The minimum absolute atomic E-state index is 0.793. The number of benzene rings is 1. The van der Waals surface area contributed by atoms with Gasteiger partial charge in [0.25, 0.3) is 0 Å². The Morgan fingerprint density at radius 2 is 2.00 bits per heavy atom. The molecule has 0 unspecified atom stereocenters. The predicted octanol–water partition coefficient (Wildman–Crippen LogP) is 4.29. The van der Waals surface area contributed by atoms with E-state index in [-0.39, 0.29) is 0 Å². The molecular weight excluding hydrogens is 288 g/mol. The molecule has 0 atom stereocenters. The van der Waals surface area contributed by atoms with Gasteiger partial charge < -0.3 is 5.32 Å². The van der Waals surface area contributed by atoms with Crippen LogP contribution in [0.15, 0.2) is 18.2 Å². The molecule has 1 heterocycles. The van der Waals surface area contributed by atoms with Crippen LogP contribution >= 0.6 is 11.3 Å². The summed E-state index contributed by atoms with van der Waals surface area (Å²) in [5.74, 6) is 0. The fourth-order valence-electron chi connectivity index (χ4n) is 3.38. The van der Waals surface area contributed by atoms with E-state index in [0.717, 1.165) is 19.0 Å². The van der Waals surface area contributed by atoms with Crippen LogP contribution in [-0.4, -0.2) is 17.6 Å². The maximum Gasteiger partial charge on any atom is 0.0948 e. The van der Waals surface area contributed by atoms with E-state index in [1.807, 2.05) is 11.3 Å². The van der Waals surface area contributed by atoms with E-state index in [1.165, 1.54) is 59.7 Å². The highest BCUT2D eigenvalue weighted by molar-refractivity contribution is 7.12. The Hall–Kier alpha value is -1.19. The summed E-state index contributed by atoms with van der Waals surface area (Å²) < 4.78 is 0. The molecule has 2 aliphatic carbocycles. The van der Waals surface area contributed by atoms with Crippen LogP contribution in [0.1, 0.15) is 46.7 Å². The Bertz CT molecular complexity index is 670. The van der Waals surface area contributed by atoms with E-state index >= 15 is 0 Å². The fraction of sp³-hybridized carbons (Fsp3) is 0.526. The normalized spacial score (nSPS) is 17.5. The standard InChI is InChI=1S/C19H24N2S/c1-13-19(21-18(22-13)10-11-20-17-8-9-17)16-7-6-14-4-2-3-5-15(14)12-16/h6-7,12,17,20H,2-5,8-11H2,1H3. The van der Waals surface area contributed by atoms with Gasteiger partial charge in [0.05, 0.1) is 10.7 Å². The summed E-state index contributed by atoms with van der Waals surface area (Å²) in [6.07, 6.45) is 8.96. The first-order valence-corrected chi connectivity index (χ1v) is 9.43. The van der Waals surface area contributed by atoms with Crippen LogP contribution in [0.4, 0.5) is 0 Å². The highest BCUT2D eigenvalue weighted by Crippen LogP contribution is 2.31. The minimum atomic E-state index is 0.793. The lowest BCUT2D eigenvalue weighted by Crippen LogP contribution is -2.19. The zero-order valence-electron chi connectivity index (χ0n) is 13.3. The van der Waals surface area contributed by atoms with Crippen molar-refractivity contribution in [1.29, 1.82) is 0 Å². The van der Waals surface area contributed by atoms with Gasteiger partial charge in [0.2, 0.25) is 0 Å². The topological polar surface area (TPSA) is 24.9 Å². The molecule has 2 aliphatic rings. The SMILES string of the molecule is Cc1sc(CCNC2CC2)nc1-c1ccc2c(c1)CCCC2. The van der Waals surface area contributed by atoms with Gasteiger partial charge in [0.15, 0.2) is 0 Å². The lowest BCUT2D eigenvalue weighted by Gasteiger charge is -2.16. The van der Waals surface area contributed by atoms with Crippen LogP contribution < -0.4 is 5.32 Å². The first kappa shape index (κ1) is 14.4. The molecule has 2 nitrogen and oxygen atoms in total. The molecular formula is C19H24N2S. The lowest BCUT2D eigenvalue weighted by molar-refractivity contribution is 0.680. The Kier molecular flexibility index (Phi) is 4.01. The van der Waals surface area contributed by atoms with Gasteiger partial charge in [-0.15, -0.1) is 11.3 Å². The molecule has 1 saturated carbocycles. The van der Waals surface area contributed by atoms with Gasteiger partial charge in [-0.3, -0.25) is 0 Å². The summed E-state index contributed by atoms with van der Waals surface area (Å²) in [6.45, 7) is 3.28. The minimum Gasteiger partial charge on any atom is -0.314 e. The quantitative estimate of drug-likeness (QED) is 0.891. The van der Waals surface area contributed by atoms with Gasteiger partial charge in [0, 0.05) is 29.4 Å². The molecule has 0 amide bonds. The molecule has 1 fully saturated rings. The Morgan fingerprint density at radius 1 is 1.18 bits per heavy atom. The van der Waals surface area contributed by atoms with E-state index in [0.29, 0.717) is 0 Å². The monoisotopic (exact) mass is 312 g/mol. The molecule has 116 valence electrons. The second-order valence-corrected chi connectivity index (χ2v) is 7.97. The number of fused-ring (bicyclic) bond motifs is 1. The lowest BCUT2D eigenvalue weighted by atomic mass is 9.90. The first-order valence-electron chi connectivity index (χ1n) is 8.61. The van der Waals surface area contributed by atoms with Gasteiger partial charge in [-0.1, -0.05) is 12.1 Å². The first-order chi connectivity index (χ1) is 10.8. The highest BCUT2D eigenvalue weighted by atomic mass is 32.1. The van der Waals surface area contributed by atoms with Crippen molar-refractivity contribution in [2.24, 2.45) is 0 Å². The van der Waals surface area contributed by atoms with Crippen LogP contribution in [0.2, 0.25) is 0 Å². The third kappa shape index (κ3) is 3.11. The molecule has 0 aliphatic heterocycles. The van der Waals surface area contributed by atoms with Crippen LogP contribution in [0.25, 0.3) is 11.3 Å². The van der Waals surface area contributed by atoms with Crippen molar-refractivity contribution in [2.75, 3.05) is 6.54 Å². The van der Waals surface area contributed by atoms with Gasteiger partial charge in [-0.2, -0.15) is 0 Å². The fourth-order valence-corrected chi connectivity index (χ4v) is 4.33.